The Morgan fingerprint density at radius 2 is 1.14 bits per heavy atom. The molecule has 0 fully saturated rings. The van der Waals surface area contributed by atoms with Gasteiger partial charge >= 0.3 is 0 Å². The summed E-state index contributed by atoms with van der Waals surface area (Å²) in [4.78, 5) is 5.12. The molecule has 1 unspecified atom stereocenters. The van der Waals surface area contributed by atoms with Crippen LogP contribution in [-0.2, 0) is 0 Å². The molecule has 0 spiro atoms. The van der Waals surface area contributed by atoms with Crippen LogP contribution < -0.4 is 0 Å². The summed E-state index contributed by atoms with van der Waals surface area (Å²) >= 11 is 0. The summed E-state index contributed by atoms with van der Waals surface area (Å²) in [5, 5.41) is 0. The zero-order chi connectivity index (χ0) is 16.0. The van der Waals surface area contributed by atoms with E-state index in [4.69, 9.17) is 0 Å². The molecule has 2 nitrogen and oxygen atoms in total. The van der Waals surface area contributed by atoms with Crippen LogP contribution in [0.2, 0.25) is 0 Å². The Morgan fingerprint density at radius 3 is 1.68 bits per heavy atom. The van der Waals surface area contributed by atoms with Gasteiger partial charge in [-0.15, -0.1) is 0 Å². The molecular weight excluding hydrogens is 268 g/mol. The summed E-state index contributed by atoms with van der Waals surface area (Å²) in [6, 6.07) is 0. The van der Waals surface area contributed by atoms with Crippen molar-refractivity contribution in [1.29, 1.82) is 0 Å². The van der Waals surface area contributed by atoms with Gasteiger partial charge in [0.1, 0.15) is 6.17 Å². The predicted molar refractivity (Wildman–Crippen MR) is 98.8 cm³/mol. The van der Waals surface area contributed by atoms with Crippen LogP contribution in [0.4, 0.5) is 0 Å². The zero-order valence-corrected chi connectivity index (χ0v) is 15.5. The van der Waals surface area contributed by atoms with Crippen molar-refractivity contribution >= 4 is 0 Å². The summed E-state index contributed by atoms with van der Waals surface area (Å²) in [6.07, 6.45) is 21.9. The first-order valence-corrected chi connectivity index (χ1v) is 10.0. The lowest BCUT2D eigenvalue weighted by Gasteiger charge is -2.32. The number of nitrogens with zero attached hydrogens (tertiary/aromatic N) is 2. The summed E-state index contributed by atoms with van der Waals surface area (Å²) in [5.41, 5.74) is 0. The average Bonchev–Trinajstić information content (AvgIpc) is 2.89. The van der Waals surface area contributed by atoms with Crippen molar-refractivity contribution in [1.82, 2.24) is 9.80 Å². The molecule has 0 aromatic heterocycles. The molecule has 0 radical (unpaired) electrons. The van der Waals surface area contributed by atoms with Crippen LogP contribution in [0, 0.1) is 0 Å². The Labute approximate surface area is 139 Å². The van der Waals surface area contributed by atoms with Gasteiger partial charge in [0.15, 0.2) is 0 Å². The first-order valence-electron chi connectivity index (χ1n) is 10.0. The normalized spacial score (nSPS) is 17.7. The quantitative estimate of drug-likeness (QED) is 0.355. The van der Waals surface area contributed by atoms with Gasteiger partial charge < -0.3 is 9.80 Å². The lowest BCUT2D eigenvalue weighted by atomic mass is 10.1. The van der Waals surface area contributed by atoms with Crippen LogP contribution >= 0.6 is 0 Å². The van der Waals surface area contributed by atoms with E-state index in [0.717, 1.165) is 0 Å². The Morgan fingerprint density at radius 1 is 0.591 bits per heavy atom. The van der Waals surface area contributed by atoms with Crippen molar-refractivity contribution in [3.05, 3.63) is 12.4 Å². The molecule has 0 saturated carbocycles. The van der Waals surface area contributed by atoms with E-state index < -0.39 is 0 Å². The highest BCUT2D eigenvalue weighted by Gasteiger charge is 2.23. The highest BCUT2D eigenvalue weighted by molar-refractivity contribution is 4.96. The fourth-order valence-electron chi connectivity index (χ4n) is 3.46. The Balaban J connectivity index is 2.07. The van der Waals surface area contributed by atoms with E-state index in [2.05, 4.69) is 43.0 Å². The Bertz CT molecular complexity index is 275. The van der Waals surface area contributed by atoms with E-state index in [-0.39, 0.29) is 0 Å². The van der Waals surface area contributed by atoms with E-state index >= 15 is 0 Å². The molecule has 1 heterocycles. The van der Waals surface area contributed by atoms with Crippen molar-refractivity contribution in [2.24, 2.45) is 0 Å². The smallest absolute Gasteiger partial charge is 0.101 e. The lowest BCUT2D eigenvalue weighted by Crippen LogP contribution is -2.39. The van der Waals surface area contributed by atoms with E-state index in [9.17, 15) is 0 Å². The number of hydrogen-bond acceptors (Lipinski definition) is 2. The van der Waals surface area contributed by atoms with Gasteiger partial charge in [0, 0.05) is 25.5 Å². The zero-order valence-electron chi connectivity index (χ0n) is 15.5. The lowest BCUT2D eigenvalue weighted by molar-refractivity contribution is 0.140. The third-order valence-corrected chi connectivity index (χ3v) is 4.76. The monoisotopic (exact) mass is 308 g/mol. The van der Waals surface area contributed by atoms with Gasteiger partial charge in [0.25, 0.3) is 0 Å². The van der Waals surface area contributed by atoms with Crippen LogP contribution in [-0.4, -0.2) is 29.1 Å². The summed E-state index contributed by atoms with van der Waals surface area (Å²) < 4.78 is 0. The van der Waals surface area contributed by atoms with Crippen molar-refractivity contribution in [2.45, 2.75) is 104 Å². The van der Waals surface area contributed by atoms with Crippen molar-refractivity contribution in [3.63, 3.8) is 0 Å². The fourth-order valence-corrected chi connectivity index (χ4v) is 3.46. The largest absolute Gasteiger partial charge is 0.356 e. The van der Waals surface area contributed by atoms with Gasteiger partial charge in [-0.2, -0.15) is 0 Å². The van der Waals surface area contributed by atoms with E-state index in [0.29, 0.717) is 6.17 Å². The molecule has 0 saturated heterocycles. The number of unbranched alkanes of at least 4 members (excludes halogenated alkanes) is 8. The minimum Gasteiger partial charge on any atom is -0.356 e. The highest BCUT2D eigenvalue weighted by atomic mass is 15.4. The van der Waals surface area contributed by atoms with Gasteiger partial charge in [-0.25, -0.2) is 0 Å². The van der Waals surface area contributed by atoms with Crippen LogP contribution in [0.25, 0.3) is 0 Å². The molecule has 22 heavy (non-hydrogen) atoms. The third kappa shape index (κ3) is 7.56. The molecular formula is C20H40N2. The third-order valence-electron chi connectivity index (χ3n) is 4.76. The van der Waals surface area contributed by atoms with Crippen molar-refractivity contribution in [2.75, 3.05) is 13.1 Å². The van der Waals surface area contributed by atoms with Gasteiger partial charge in [-0.3, -0.25) is 0 Å². The maximum atomic E-state index is 2.58. The molecule has 130 valence electrons. The van der Waals surface area contributed by atoms with Crippen molar-refractivity contribution in [3.8, 4) is 0 Å². The Hall–Kier alpha value is -0.660. The molecule has 1 atom stereocenters. The van der Waals surface area contributed by atoms with E-state index in [1.165, 1.54) is 90.1 Å². The minimum absolute atomic E-state index is 0.638. The van der Waals surface area contributed by atoms with Crippen molar-refractivity contribution < 1.29 is 0 Å². The molecule has 2 heteroatoms. The molecule has 0 amide bonds. The SMILES string of the molecule is CCCCCCCCCCCN1C=CN(CCC)C1CCC. The molecule has 0 aromatic rings. The molecule has 1 aliphatic heterocycles. The maximum absolute atomic E-state index is 2.58. The van der Waals surface area contributed by atoms with Gasteiger partial charge in [-0.1, -0.05) is 78.6 Å². The second-order valence-corrected chi connectivity index (χ2v) is 6.87. The van der Waals surface area contributed by atoms with Gasteiger partial charge in [0.2, 0.25) is 0 Å². The van der Waals surface area contributed by atoms with Crippen LogP contribution in [0.3, 0.4) is 0 Å². The number of hydrogen-bond donors (Lipinski definition) is 0. The highest BCUT2D eigenvalue weighted by Crippen LogP contribution is 2.21. The first kappa shape index (κ1) is 19.4. The molecule has 0 aromatic carbocycles. The molecule has 0 bridgehead atoms. The molecule has 1 aliphatic rings. The van der Waals surface area contributed by atoms with Crippen LogP contribution in [0.1, 0.15) is 97.8 Å². The molecule has 0 aliphatic carbocycles. The molecule has 1 rings (SSSR count). The first-order chi connectivity index (χ1) is 10.8. The van der Waals surface area contributed by atoms with E-state index in [1.807, 2.05) is 0 Å². The molecule has 0 N–H and O–H groups in total. The Kier molecular flexibility index (Phi) is 11.3. The average molecular weight is 309 g/mol. The second kappa shape index (κ2) is 12.8. The summed E-state index contributed by atoms with van der Waals surface area (Å²) in [6.45, 7) is 9.33. The predicted octanol–water partition coefficient (Wildman–Crippen LogP) is 6.14. The fraction of sp³-hybridized carbons (Fsp3) is 0.900. The van der Waals surface area contributed by atoms with Gasteiger partial charge in [-0.05, 0) is 19.3 Å². The van der Waals surface area contributed by atoms with Crippen LogP contribution in [0.15, 0.2) is 12.4 Å². The van der Waals surface area contributed by atoms with Gasteiger partial charge in [0.05, 0.1) is 0 Å². The standard InChI is InChI=1S/C20H40N2/c1-4-7-8-9-10-11-12-13-14-17-22-19-18-21(16-6-3)20(22)15-5-2/h18-20H,4-17H2,1-3H3. The topological polar surface area (TPSA) is 6.48 Å². The summed E-state index contributed by atoms with van der Waals surface area (Å²) in [7, 11) is 0. The minimum atomic E-state index is 0.638. The second-order valence-electron chi connectivity index (χ2n) is 6.87. The number of rotatable bonds is 14. The summed E-state index contributed by atoms with van der Waals surface area (Å²) in [5.74, 6) is 0. The maximum Gasteiger partial charge on any atom is 0.101 e. The van der Waals surface area contributed by atoms with Crippen LogP contribution in [0.5, 0.6) is 0 Å². The van der Waals surface area contributed by atoms with E-state index in [1.54, 1.807) is 0 Å².